The SMILES string of the molecule is NC(=O)C[C@H](NC(=O)OCc1ccccc1)C(=O)N[C@@H](CCC(=O)O)C(=O)Nc1ccc(OC(F)(F)F)cc1. The molecule has 0 saturated heterocycles. The Bertz CT molecular complexity index is 1160. The number of benzene rings is 2. The Balaban J connectivity index is 2.07. The number of alkyl halides is 3. The Hall–Kier alpha value is -4.82. The number of nitrogens with two attached hydrogens (primary N) is 1. The molecule has 15 heteroatoms. The maximum Gasteiger partial charge on any atom is 0.573 e. The van der Waals surface area contributed by atoms with E-state index in [1.165, 1.54) is 0 Å². The lowest BCUT2D eigenvalue weighted by molar-refractivity contribution is -0.274. The number of carboxylic acids is 1. The minimum atomic E-state index is -4.92. The molecule has 0 aliphatic rings. The fraction of sp³-hybridized carbons (Fsp3) is 0.292. The summed E-state index contributed by atoms with van der Waals surface area (Å²) in [6, 6.07) is 9.56. The van der Waals surface area contributed by atoms with Gasteiger partial charge in [0.05, 0.1) is 6.42 Å². The number of primary amides is 1. The lowest BCUT2D eigenvalue weighted by atomic mass is 10.1. The van der Waals surface area contributed by atoms with Crippen LogP contribution in [0.3, 0.4) is 0 Å². The van der Waals surface area contributed by atoms with Gasteiger partial charge >= 0.3 is 18.4 Å². The van der Waals surface area contributed by atoms with Gasteiger partial charge in [-0.05, 0) is 36.2 Å². The summed E-state index contributed by atoms with van der Waals surface area (Å²) in [6.45, 7) is -0.145. The molecular formula is C24H25F3N4O8. The molecule has 0 radical (unpaired) electrons. The molecule has 2 rings (SSSR count). The highest BCUT2D eigenvalue weighted by molar-refractivity contribution is 5.99. The van der Waals surface area contributed by atoms with Crippen LogP contribution in [0.5, 0.6) is 5.75 Å². The molecule has 0 aliphatic heterocycles. The highest BCUT2D eigenvalue weighted by Gasteiger charge is 2.31. The number of nitrogens with one attached hydrogen (secondary N) is 3. The molecule has 210 valence electrons. The molecule has 12 nitrogen and oxygen atoms in total. The Morgan fingerprint density at radius 3 is 2.10 bits per heavy atom. The molecule has 0 unspecified atom stereocenters. The summed E-state index contributed by atoms with van der Waals surface area (Å²) in [4.78, 5) is 60.3. The van der Waals surface area contributed by atoms with Crippen molar-refractivity contribution in [1.29, 1.82) is 0 Å². The Labute approximate surface area is 219 Å². The molecule has 2 aromatic rings. The summed E-state index contributed by atoms with van der Waals surface area (Å²) in [5.41, 5.74) is 5.82. The molecule has 0 heterocycles. The van der Waals surface area contributed by atoms with E-state index in [0.29, 0.717) is 5.56 Å². The third kappa shape index (κ3) is 11.8. The van der Waals surface area contributed by atoms with Gasteiger partial charge in [-0.2, -0.15) is 0 Å². The van der Waals surface area contributed by atoms with Crippen LogP contribution in [0.15, 0.2) is 54.6 Å². The fourth-order valence-corrected chi connectivity index (χ4v) is 3.10. The van der Waals surface area contributed by atoms with E-state index in [0.717, 1.165) is 24.3 Å². The predicted octanol–water partition coefficient (Wildman–Crippen LogP) is 2.04. The number of halogens is 3. The van der Waals surface area contributed by atoms with Gasteiger partial charge in [0.2, 0.25) is 17.7 Å². The van der Waals surface area contributed by atoms with Crippen molar-refractivity contribution in [2.24, 2.45) is 5.73 Å². The molecule has 0 spiro atoms. The molecule has 39 heavy (non-hydrogen) atoms. The first-order valence-corrected chi connectivity index (χ1v) is 11.3. The number of carbonyl (C=O) groups is 5. The molecule has 4 amide bonds. The average Bonchev–Trinajstić information content (AvgIpc) is 2.85. The van der Waals surface area contributed by atoms with Crippen LogP contribution in [0, 0.1) is 0 Å². The topological polar surface area (TPSA) is 186 Å². The zero-order valence-corrected chi connectivity index (χ0v) is 20.2. The second-order valence-electron chi connectivity index (χ2n) is 7.98. The number of amides is 4. The molecule has 2 aromatic carbocycles. The summed E-state index contributed by atoms with van der Waals surface area (Å²) >= 11 is 0. The van der Waals surface area contributed by atoms with Crippen molar-refractivity contribution in [3.05, 3.63) is 60.2 Å². The minimum Gasteiger partial charge on any atom is -0.481 e. The van der Waals surface area contributed by atoms with Gasteiger partial charge in [0, 0.05) is 12.1 Å². The van der Waals surface area contributed by atoms with Crippen molar-refractivity contribution < 1.29 is 51.7 Å². The number of carbonyl (C=O) groups excluding carboxylic acids is 4. The van der Waals surface area contributed by atoms with E-state index >= 15 is 0 Å². The van der Waals surface area contributed by atoms with E-state index in [2.05, 4.69) is 20.7 Å². The molecular weight excluding hydrogens is 529 g/mol. The number of carboxylic acid groups (broad SMARTS) is 1. The van der Waals surface area contributed by atoms with Crippen molar-refractivity contribution >= 4 is 35.5 Å². The second kappa shape index (κ2) is 14.2. The van der Waals surface area contributed by atoms with Crippen molar-refractivity contribution in [3.63, 3.8) is 0 Å². The van der Waals surface area contributed by atoms with Gasteiger partial charge < -0.3 is 36.3 Å². The van der Waals surface area contributed by atoms with E-state index in [1.807, 2.05) is 0 Å². The number of anilines is 1. The Morgan fingerprint density at radius 1 is 0.897 bits per heavy atom. The summed E-state index contributed by atoms with van der Waals surface area (Å²) in [5.74, 6) is -4.75. The van der Waals surface area contributed by atoms with Crippen molar-refractivity contribution in [1.82, 2.24) is 10.6 Å². The van der Waals surface area contributed by atoms with Crippen molar-refractivity contribution in [3.8, 4) is 5.75 Å². The van der Waals surface area contributed by atoms with E-state index in [1.54, 1.807) is 30.3 Å². The Kier molecular flexibility index (Phi) is 11.1. The predicted molar refractivity (Wildman–Crippen MR) is 128 cm³/mol. The molecule has 0 saturated carbocycles. The number of rotatable bonds is 13. The lowest BCUT2D eigenvalue weighted by Crippen LogP contribution is -2.53. The van der Waals surface area contributed by atoms with Gasteiger partial charge in [-0.25, -0.2) is 4.79 Å². The first-order valence-electron chi connectivity index (χ1n) is 11.3. The quantitative estimate of drug-likeness (QED) is 0.249. The van der Waals surface area contributed by atoms with E-state index in [4.69, 9.17) is 15.6 Å². The number of ether oxygens (including phenoxy) is 2. The van der Waals surface area contributed by atoms with Crippen LogP contribution in [0.2, 0.25) is 0 Å². The first-order chi connectivity index (χ1) is 18.3. The first kappa shape index (κ1) is 30.4. The molecule has 0 aliphatic carbocycles. The zero-order valence-electron chi connectivity index (χ0n) is 20.2. The van der Waals surface area contributed by atoms with Gasteiger partial charge in [-0.3, -0.25) is 19.2 Å². The fourth-order valence-electron chi connectivity index (χ4n) is 3.10. The van der Waals surface area contributed by atoms with Gasteiger partial charge in [-0.1, -0.05) is 30.3 Å². The third-order valence-electron chi connectivity index (χ3n) is 4.86. The Morgan fingerprint density at radius 2 is 1.54 bits per heavy atom. The summed E-state index contributed by atoms with van der Waals surface area (Å²) in [6.07, 6.45) is -7.60. The molecule has 0 fully saturated rings. The van der Waals surface area contributed by atoms with Crippen LogP contribution in [-0.2, 0) is 30.5 Å². The maximum atomic E-state index is 12.8. The van der Waals surface area contributed by atoms with Gasteiger partial charge in [0.1, 0.15) is 24.4 Å². The molecule has 0 aromatic heterocycles. The van der Waals surface area contributed by atoms with Gasteiger partial charge in [0.25, 0.3) is 0 Å². The number of alkyl carbamates (subject to hydrolysis) is 1. The average molecular weight is 554 g/mol. The van der Waals surface area contributed by atoms with Crippen molar-refractivity contribution in [2.45, 2.75) is 44.3 Å². The van der Waals surface area contributed by atoms with Crippen LogP contribution >= 0.6 is 0 Å². The summed E-state index contributed by atoms with van der Waals surface area (Å²) in [5, 5.41) is 15.8. The second-order valence-corrected chi connectivity index (χ2v) is 7.98. The van der Waals surface area contributed by atoms with E-state index in [-0.39, 0.29) is 12.3 Å². The zero-order chi connectivity index (χ0) is 29.0. The normalized spacial score (nSPS) is 12.4. The van der Waals surface area contributed by atoms with Crippen LogP contribution in [0.4, 0.5) is 23.7 Å². The molecule has 0 bridgehead atoms. The number of aliphatic carboxylic acids is 1. The highest BCUT2D eigenvalue weighted by Crippen LogP contribution is 2.24. The van der Waals surface area contributed by atoms with Crippen LogP contribution in [-0.4, -0.2) is 53.3 Å². The molecule has 2 atom stereocenters. The largest absolute Gasteiger partial charge is 0.573 e. The smallest absolute Gasteiger partial charge is 0.481 e. The summed E-state index contributed by atoms with van der Waals surface area (Å²) < 4.78 is 45.8. The number of hydrogen-bond acceptors (Lipinski definition) is 7. The lowest BCUT2D eigenvalue weighted by Gasteiger charge is -2.22. The summed E-state index contributed by atoms with van der Waals surface area (Å²) in [7, 11) is 0. The van der Waals surface area contributed by atoms with Gasteiger partial charge in [0.15, 0.2) is 0 Å². The van der Waals surface area contributed by atoms with Gasteiger partial charge in [-0.15, -0.1) is 13.2 Å². The third-order valence-corrected chi connectivity index (χ3v) is 4.86. The number of hydrogen-bond donors (Lipinski definition) is 5. The minimum absolute atomic E-state index is 0.0143. The molecule has 6 N–H and O–H groups in total. The standard InChI is InChI=1S/C24H25F3N4O8/c25-24(26,27)39-16-8-6-15(7-9-16)29-21(35)17(10-11-20(33)34)30-22(36)18(12-19(28)32)31-23(37)38-13-14-4-2-1-3-5-14/h1-9,17-18H,10-13H2,(H2,28,32)(H,29,35)(H,30,36)(H,31,37)(H,33,34)/t17-,18-/m0/s1. The monoisotopic (exact) mass is 554 g/mol. The maximum absolute atomic E-state index is 12.8. The van der Waals surface area contributed by atoms with Crippen LogP contribution < -0.4 is 26.4 Å². The van der Waals surface area contributed by atoms with Crippen LogP contribution in [0.25, 0.3) is 0 Å². The van der Waals surface area contributed by atoms with Crippen molar-refractivity contribution in [2.75, 3.05) is 5.32 Å². The van der Waals surface area contributed by atoms with E-state index < -0.39 is 73.2 Å². The van der Waals surface area contributed by atoms with Crippen LogP contribution in [0.1, 0.15) is 24.8 Å². The van der Waals surface area contributed by atoms with E-state index in [9.17, 15) is 37.1 Å². The highest BCUT2D eigenvalue weighted by atomic mass is 19.4.